The lowest BCUT2D eigenvalue weighted by Gasteiger charge is -1.83. The molecule has 1 heterocycles. The highest BCUT2D eigenvalue weighted by Crippen LogP contribution is 2.03. The number of hydrogen-bond donors (Lipinski definition) is 0. The molecule has 0 radical (unpaired) electrons. The van der Waals surface area contributed by atoms with Crippen molar-refractivity contribution in [3.05, 3.63) is 46.4 Å². The van der Waals surface area contributed by atoms with E-state index in [1.807, 2.05) is 29.8 Å². The van der Waals surface area contributed by atoms with Crippen molar-refractivity contribution < 1.29 is 0 Å². The molecule has 0 atom stereocenters. The molecule has 0 saturated carbocycles. The molecule has 0 N–H and O–H groups in total. The largest absolute Gasteiger partial charge is 0.256 e. The molecule has 1 nitrogen and oxygen atoms in total. The summed E-state index contributed by atoms with van der Waals surface area (Å²) in [6.45, 7) is 0. The van der Waals surface area contributed by atoms with Crippen LogP contribution in [0.2, 0.25) is 0 Å². The standard InChI is InChI=1S/C9H7NS/c1-2-4-9-8(3-1)7-11-6-5-10-9/h1-7H. The van der Waals surface area contributed by atoms with Gasteiger partial charge in [-0.2, -0.15) is 0 Å². The van der Waals surface area contributed by atoms with E-state index < -0.39 is 0 Å². The van der Waals surface area contributed by atoms with Gasteiger partial charge in [0.25, 0.3) is 0 Å². The Morgan fingerprint density at radius 3 is 3.09 bits per heavy atom. The Hall–Kier alpha value is -1.02. The smallest absolute Gasteiger partial charge is 0.0707 e. The normalized spacial score (nSPS) is 14.2. The van der Waals surface area contributed by atoms with Crippen LogP contribution in [0.15, 0.2) is 40.9 Å². The lowest BCUT2D eigenvalue weighted by atomic mass is 10.3. The molecule has 0 aromatic heterocycles. The number of thioether (sulfide) groups is 1. The van der Waals surface area contributed by atoms with Gasteiger partial charge in [-0.25, -0.2) is 0 Å². The van der Waals surface area contributed by atoms with Crippen LogP contribution in [0.1, 0.15) is 0 Å². The van der Waals surface area contributed by atoms with E-state index in [1.54, 1.807) is 11.8 Å². The minimum Gasteiger partial charge on any atom is -0.256 e. The Morgan fingerprint density at radius 1 is 1.18 bits per heavy atom. The van der Waals surface area contributed by atoms with E-state index in [2.05, 4.69) is 16.5 Å². The van der Waals surface area contributed by atoms with Crippen LogP contribution in [-0.4, -0.2) is 0 Å². The first kappa shape index (κ1) is 6.68. The molecular formula is C9H7NS. The van der Waals surface area contributed by atoms with Gasteiger partial charge < -0.3 is 0 Å². The second-order valence-electron chi connectivity index (χ2n) is 2.23. The maximum absolute atomic E-state index is 4.25. The summed E-state index contributed by atoms with van der Waals surface area (Å²) in [6, 6.07) is 8.11. The topological polar surface area (TPSA) is 12.4 Å². The monoisotopic (exact) mass is 161 g/mol. The first-order chi connectivity index (χ1) is 5.47. The highest BCUT2D eigenvalue weighted by molar-refractivity contribution is 8.09. The Bertz CT molecular complexity index is 392. The van der Waals surface area contributed by atoms with Gasteiger partial charge in [0.2, 0.25) is 0 Å². The van der Waals surface area contributed by atoms with Gasteiger partial charge in [0.15, 0.2) is 0 Å². The first-order valence-electron chi connectivity index (χ1n) is 3.40. The molecule has 0 spiro atoms. The van der Waals surface area contributed by atoms with E-state index in [0.29, 0.717) is 0 Å². The summed E-state index contributed by atoms with van der Waals surface area (Å²) in [5.74, 6) is 0. The number of para-hydroxylation sites is 1. The second kappa shape index (κ2) is 2.93. The predicted molar refractivity (Wildman–Crippen MR) is 48.4 cm³/mol. The number of hydrogen-bond acceptors (Lipinski definition) is 2. The van der Waals surface area contributed by atoms with E-state index in [-0.39, 0.29) is 0 Å². The molecule has 0 unspecified atom stereocenters. The lowest BCUT2D eigenvalue weighted by Crippen LogP contribution is -2.22. The fourth-order valence-corrected chi connectivity index (χ4v) is 1.52. The maximum atomic E-state index is 4.25. The van der Waals surface area contributed by atoms with Gasteiger partial charge in [-0.15, -0.1) is 11.8 Å². The third kappa shape index (κ3) is 1.35. The summed E-state index contributed by atoms with van der Waals surface area (Å²) in [5, 5.41) is 6.32. The van der Waals surface area contributed by atoms with Crippen molar-refractivity contribution in [1.29, 1.82) is 0 Å². The molecule has 0 saturated heterocycles. The van der Waals surface area contributed by atoms with Crippen LogP contribution >= 0.6 is 11.8 Å². The predicted octanol–water partition coefficient (Wildman–Crippen LogP) is 1.26. The molecule has 54 valence electrons. The van der Waals surface area contributed by atoms with Crippen LogP contribution in [0.3, 0.4) is 0 Å². The van der Waals surface area contributed by atoms with Crippen molar-refractivity contribution in [2.45, 2.75) is 0 Å². The van der Waals surface area contributed by atoms with E-state index in [9.17, 15) is 0 Å². The first-order valence-corrected chi connectivity index (χ1v) is 4.35. The van der Waals surface area contributed by atoms with E-state index in [1.165, 1.54) is 5.22 Å². The van der Waals surface area contributed by atoms with Crippen LogP contribution in [0, 0.1) is 0 Å². The van der Waals surface area contributed by atoms with Crippen molar-refractivity contribution in [3.63, 3.8) is 0 Å². The molecule has 2 rings (SSSR count). The molecule has 1 aromatic rings. The van der Waals surface area contributed by atoms with Crippen LogP contribution in [-0.2, 0) is 0 Å². The molecule has 1 aliphatic rings. The maximum Gasteiger partial charge on any atom is 0.0707 e. The van der Waals surface area contributed by atoms with Gasteiger partial charge in [-0.1, -0.05) is 18.2 Å². The van der Waals surface area contributed by atoms with Gasteiger partial charge in [0.1, 0.15) is 0 Å². The summed E-state index contributed by atoms with van der Waals surface area (Å²) < 4.78 is 0. The SMILES string of the molecule is C1=CSC=c2ccccc2=N1. The molecule has 2 heteroatoms. The third-order valence-corrected chi connectivity index (χ3v) is 2.15. The number of benzene rings is 1. The average molecular weight is 161 g/mol. The molecule has 0 aliphatic carbocycles. The zero-order chi connectivity index (χ0) is 7.52. The van der Waals surface area contributed by atoms with Gasteiger partial charge in [-0.3, -0.25) is 4.99 Å². The van der Waals surface area contributed by atoms with Crippen molar-refractivity contribution >= 4 is 17.2 Å². The number of nitrogens with zero attached hydrogens (tertiary/aromatic N) is 1. The van der Waals surface area contributed by atoms with Crippen LogP contribution in [0.5, 0.6) is 0 Å². The molecule has 11 heavy (non-hydrogen) atoms. The van der Waals surface area contributed by atoms with Crippen molar-refractivity contribution in [2.75, 3.05) is 0 Å². The zero-order valence-electron chi connectivity index (χ0n) is 5.90. The minimum absolute atomic E-state index is 1.05. The number of rotatable bonds is 0. The summed E-state index contributed by atoms with van der Waals surface area (Å²) in [7, 11) is 0. The minimum atomic E-state index is 1.05. The van der Waals surface area contributed by atoms with Crippen molar-refractivity contribution in [1.82, 2.24) is 0 Å². The van der Waals surface area contributed by atoms with Crippen LogP contribution < -0.4 is 10.6 Å². The van der Waals surface area contributed by atoms with E-state index in [0.717, 1.165) is 5.36 Å². The Kier molecular flexibility index (Phi) is 1.78. The highest BCUT2D eigenvalue weighted by Gasteiger charge is 1.86. The van der Waals surface area contributed by atoms with Crippen LogP contribution in [0.4, 0.5) is 0 Å². The fourth-order valence-electron chi connectivity index (χ4n) is 0.963. The molecule has 1 aliphatic heterocycles. The summed E-state index contributed by atoms with van der Waals surface area (Å²) in [6.07, 6.45) is 1.83. The Labute approximate surface area is 69.2 Å². The van der Waals surface area contributed by atoms with E-state index in [4.69, 9.17) is 0 Å². The average Bonchev–Trinajstić information content (AvgIpc) is 2.28. The Morgan fingerprint density at radius 2 is 2.09 bits per heavy atom. The van der Waals surface area contributed by atoms with Gasteiger partial charge in [-0.05, 0) is 16.9 Å². The highest BCUT2D eigenvalue weighted by atomic mass is 32.2. The quantitative estimate of drug-likeness (QED) is 0.558. The van der Waals surface area contributed by atoms with E-state index >= 15 is 0 Å². The molecule has 0 bridgehead atoms. The van der Waals surface area contributed by atoms with Crippen molar-refractivity contribution in [2.24, 2.45) is 4.99 Å². The Balaban J connectivity index is 2.81. The van der Waals surface area contributed by atoms with Gasteiger partial charge >= 0.3 is 0 Å². The fraction of sp³-hybridized carbons (Fsp3) is 0. The number of fused-ring (bicyclic) bond motifs is 1. The summed E-state index contributed by atoms with van der Waals surface area (Å²) >= 11 is 1.66. The molecule has 0 amide bonds. The summed E-state index contributed by atoms with van der Waals surface area (Å²) in [4.78, 5) is 4.25. The molecular weight excluding hydrogens is 154 g/mol. The van der Waals surface area contributed by atoms with Crippen molar-refractivity contribution in [3.8, 4) is 0 Å². The third-order valence-electron chi connectivity index (χ3n) is 1.48. The van der Waals surface area contributed by atoms with Gasteiger partial charge in [0, 0.05) is 11.4 Å². The van der Waals surface area contributed by atoms with Crippen LogP contribution in [0.25, 0.3) is 5.41 Å². The second-order valence-corrected chi connectivity index (χ2v) is 3.01. The lowest BCUT2D eigenvalue weighted by molar-refractivity contribution is 1.32. The molecule has 1 aromatic carbocycles. The zero-order valence-corrected chi connectivity index (χ0v) is 6.71. The molecule has 0 fully saturated rings. The van der Waals surface area contributed by atoms with Gasteiger partial charge in [0.05, 0.1) is 5.36 Å². The summed E-state index contributed by atoms with van der Waals surface area (Å²) in [5.41, 5.74) is 0.